The molecule has 84 valence electrons. The van der Waals surface area contributed by atoms with Crippen molar-refractivity contribution in [3.05, 3.63) is 6.20 Å². The molecule has 0 radical (unpaired) electrons. The van der Waals surface area contributed by atoms with Crippen molar-refractivity contribution in [3.8, 4) is 5.88 Å². The molecule has 6 nitrogen and oxygen atoms in total. The Hall–Kier alpha value is -1.27. The molecule has 1 aliphatic heterocycles. The molecule has 6 heteroatoms. The van der Waals surface area contributed by atoms with Gasteiger partial charge in [-0.3, -0.25) is 4.68 Å². The van der Waals surface area contributed by atoms with Gasteiger partial charge in [0.1, 0.15) is 11.8 Å². The van der Waals surface area contributed by atoms with Gasteiger partial charge >= 0.3 is 0 Å². The maximum atomic E-state index is 5.72. The Morgan fingerprint density at radius 2 is 2.27 bits per heavy atom. The Morgan fingerprint density at radius 1 is 1.53 bits per heavy atom. The number of methoxy groups -OCH3 is 1. The van der Waals surface area contributed by atoms with Crippen LogP contribution in [0.1, 0.15) is 0 Å². The number of nitrogen functional groups attached to an aromatic ring is 1. The minimum absolute atomic E-state index is 0.0496. The summed E-state index contributed by atoms with van der Waals surface area (Å²) in [4.78, 5) is 0. The molecule has 0 bridgehead atoms. The molecule has 1 aromatic rings. The third-order valence-corrected chi connectivity index (χ3v) is 2.37. The van der Waals surface area contributed by atoms with E-state index in [0.717, 1.165) is 0 Å². The molecule has 2 rings (SSSR count). The lowest BCUT2D eigenvalue weighted by atomic mass is 10.2. The fourth-order valence-electron chi connectivity index (χ4n) is 1.57. The lowest BCUT2D eigenvalue weighted by molar-refractivity contribution is 0.0308. The first-order valence-electron chi connectivity index (χ1n) is 4.77. The molecule has 0 aliphatic carbocycles. The highest BCUT2D eigenvalue weighted by atomic mass is 16.6. The molecule has 2 heterocycles. The van der Waals surface area contributed by atoms with Gasteiger partial charge in [0.05, 0.1) is 19.4 Å². The van der Waals surface area contributed by atoms with Gasteiger partial charge in [-0.2, -0.15) is 0 Å². The van der Waals surface area contributed by atoms with Crippen LogP contribution >= 0.6 is 0 Å². The van der Waals surface area contributed by atoms with Crippen LogP contribution in [0.15, 0.2) is 6.20 Å². The number of hydrogen-bond acceptors (Lipinski definition) is 5. The number of aromatic nitrogens is 2. The van der Waals surface area contributed by atoms with Crippen molar-refractivity contribution in [1.82, 2.24) is 9.78 Å². The zero-order chi connectivity index (χ0) is 10.8. The molecule has 0 saturated carbocycles. The summed E-state index contributed by atoms with van der Waals surface area (Å²) in [6.45, 7) is 1.06. The Kier molecular flexibility index (Phi) is 2.79. The molecule has 1 fully saturated rings. The fraction of sp³-hybridized carbons (Fsp3) is 0.667. The van der Waals surface area contributed by atoms with E-state index in [9.17, 15) is 0 Å². The average molecular weight is 213 g/mol. The second kappa shape index (κ2) is 4.08. The Labute approximate surface area is 87.9 Å². The van der Waals surface area contributed by atoms with Crippen molar-refractivity contribution in [2.24, 2.45) is 7.05 Å². The monoisotopic (exact) mass is 213 g/mol. The van der Waals surface area contributed by atoms with Crippen LogP contribution in [0.4, 0.5) is 5.69 Å². The maximum absolute atomic E-state index is 5.72. The van der Waals surface area contributed by atoms with Crippen molar-refractivity contribution in [2.75, 3.05) is 26.1 Å². The van der Waals surface area contributed by atoms with Gasteiger partial charge in [0.15, 0.2) is 6.10 Å². The molecule has 1 saturated heterocycles. The molecule has 1 aliphatic rings. The highest BCUT2D eigenvalue weighted by Crippen LogP contribution is 2.22. The standard InChI is InChI=1S/C9H15N3O3/c1-12-3-6(10)9(11-12)15-8-5-14-4-7(8)13-2/h3,7-8H,4-5,10H2,1-2H3/t7-,8-/m1/s1. The van der Waals surface area contributed by atoms with Gasteiger partial charge < -0.3 is 19.9 Å². The molecule has 0 amide bonds. The van der Waals surface area contributed by atoms with E-state index in [4.69, 9.17) is 19.9 Å². The second-order valence-electron chi connectivity index (χ2n) is 3.53. The van der Waals surface area contributed by atoms with Crippen molar-refractivity contribution >= 4 is 5.69 Å². The summed E-state index contributed by atoms with van der Waals surface area (Å²) >= 11 is 0. The summed E-state index contributed by atoms with van der Waals surface area (Å²) in [5.74, 6) is 0.440. The van der Waals surface area contributed by atoms with Crippen LogP contribution in [0.25, 0.3) is 0 Å². The van der Waals surface area contributed by atoms with Gasteiger partial charge in [-0.05, 0) is 0 Å². The van der Waals surface area contributed by atoms with Crippen LogP contribution in [-0.2, 0) is 16.5 Å². The highest BCUT2D eigenvalue weighted by molar-refractivity contribution is 5.45. The van der Waals surface area contributed by atoms with Crippen LogP contribution in [0.3, 0.4) is 0 Å². The number of hydrogen-bond donors (Lipinski definition) is 1. The summed E-state index contributed by atoms with van der Waals surface area (Å²) in [5, 5.41) is 4.10. The van der Waals surface area contributed by atoms with Gasteiger partial charge in [0.25, 0.3) is 5.88 Å². The number of anilines is 1. The van der Waals surface area contributed by atoms with Crippen molar-refractivity contribution in [2.45, 2.75) is 12.2 Å². The molecule has 15 heavy (non-hydrogen) atoms. The number of nitrogens with zero attached hydrogens (tertiary/aromatic N) is 2. The average Bonchev–Trinajstić information content (AvgIpc) is 2.74. The lowest BCUT2D eigenvalue weighted by Crippen LogP contribution is -2.31. The zero-order valence-corrected chi connectivity index (χ0v) is 8.84. The fourth-order valence-corrected chi connectivity index (χ4v) is 1.57. The molecular formula is C9H15N3O3. The topological polar surface area (TPSA) is 71.5 Å². The molecule has 2 N–H and O–H groups in total. The Bertz CT molecular complexity index is 339. The number of ether oxygens (including phenoxy) is 3. The van der Waals surface area contributed by atoms with E-state index in [1.165, 1.54) is 0 Å². The SMILES string of the molecule is CO[C@@H]1COC[C@H]1Oc1nn(C)cc1N. The van der Waals surface area contributed by atoms with E-state index in [2.05, 4.69) is 5.10 Å². The van der Waals surface area contributed by atoms with Gasteiger partial charge in [-0.25, -0.2) is 0 Å². The first-order chi connectivity index (χ1) is 7.20. The van der Waals surface area contributed by atoms with E-state index in [1.54, 1.807) is 25.0 Å². The van der Waals surface area contributed by atoms with E-state index >= 15 is 0 Å². The first kappa shape index (κ1) is 10.3. The first-order valence-corrected chi connectivity index (χ1v) is 4.77. The van der Waals surface area contributed by atoms with E-state index in [1.807, 2.05) is 0 Å². The predicted molar refractivity (Wildman–Crippen MR) is 53.7 cm³/mol. The van der Waals surface area contributed by atoms with Gasteiger partial charge in [-0.1, -0.05) is 0 Å². The molecular weight excluding hydrogens is 198 g/mol. The number of nitrogens with two attached hydrogens (primary N) is 1. The van der Waals surface area contributed by atoms with Gasteiger partial charge in [-0.15, -0.1) is 5.10 Å². The molecule has 0 unspecified atom stereocenters. The minimum atomic E-state index is -0.132. The molecule has 0 spiro atoms. The zero-order valence-electron chi connectivity index (χ0n) is 8.84. The normalized spacial score (nSPS) is 25.7. The summed E-state index contributed by atoms with van der Waals surface area (Å²) in [7, 11) is 3.43. The predicted octanol–water partition coefficient (Wildman–Crippen LogP) is -0.205. The van der Waals surface area contributed by atoms with Crippen LogP contribution in [0.5, 0.6) is 5.88 Å². The van der Waals surface area contributed by atoms with Crippen LogP contribution in [0.2, 0.25) is 0 Å². The molecule has 1 aromatic heterocycles. The van der Waals surface area contributed by atoms with Gasteiger partial charge in [0.2, 0.25) is 0 Å². The van der Waals surface area contributed by atoms with E-state index in [-0.39, 0.29) is 12.2 Å². The van der Waals surface area contributed by atoms with Crippen LogP contribution < -0.4 is 10.5 Å². The Balaban J connectivity index is 2.05. The lowest BCUT2D eigenvalue weighted by Gasteiger charge is -2.16. The van der Waals surface area contributed by atoms with E-state index in [0.29, 0.717) is 24.8 Å². The minimum Gasteiger partial charge on any atom is -0.467 e. The maximum Gasteiger partial charge on any atom is 0.256 e. The summed E-state index contributed by atoms with van der Waals surface area (Å²) < 4.78 is 17.7. The third kappa shape index (κ3) is 2.05. The Morgan fingerprint density at radius 3 is 2.87 bits per heavy atom. The summed E-state index contributed by atoms with van der Waals surface area (Å²) in [6.07, 6.45) is 1.52. The molecule has 2 atom stereocenters. The van der Waals surface area contributed by atoms with Gasteiger partial charge in [0, 0.05) is 14.2 Å². The summed E-state index contributed by atoms with van der Waals surface area (Å²) in [5.41, 5.74) is 6.24. The third-order valence-electron chi connectivity index (χ3n) is 2.37. The summed E-state index contributed by atoms with van der Waals surface area (Å²) in [6, 6.07) is 0. The van der Waals surface area contributed by atoms with Crippen molar-refractivity contribution in [3.63, 3.8) is 0 Å². The second-order valence-corrected chi connectivity index (χ2v) is 3.53. The smallest absolute Gasteiger partial charge is 0.256 e. The number of aryl methyl sites for hydroxylation is 1. The largest absolute Gasteiger partial charge is 0.467 e. The quantitative estimate of drug-likeness (QED) is 0.752. The molecule has 0 aromatic carbocycles. The highest BCUT2D eigenvalue weighted by Gasteiger charge is 2.31. The van der Waals surface area contributed by atoms with E-state index < -0.39 is 0 Å². The van der Waals surface area contributed by atoms with Crippen LogP contribution in [0, 0.1) is 0 Å². The van der Waals surface area contributed by atoms with Crippen molar-refractivity contribution < 1.29 is 14.2 Å². The van der Waals surface area contributed by atoms with Crippen molar-refractivity contribution in [1.29, 1.82) is 0 Å². The van der Waals surface area contributed by atoms with Crippen LogP contribution in [-0.4, -0.2) is 42.3 Å². The number of rotatable bonds is 3.